The van der Waals surface area contributed by atoms with Crippen LogP contribution in [0.4, 0.5) is 0 Å². The van der Waals surface area contributed by atoms with Crippen LogP contribution >= 0.6 is 0 Å². The first kappa shape index (κ1) is 13.4. The number of fused-ring (bicyclic) bond motifs is 1. The molecule has 0 unspecified atom stereocenters. The van der Waals surface area contributed by atoms with E-state index in [2.05, 4.69) is 53.7 Å². The van der Waals surface area contributed by atoms with Crippen molar-refractivity contribution in [3.05, 3.63) is 53.6 Å². The molecule has 3 nitrogen and oxygen atoms in total. The Morgan fingerprint density at radius 3 is 2.43 bits per heavy atom. The molecule has 2 aromatic carbocycles. The molecule has 0 amide bonds. The smallest absolute Gasteiger partial charge is 0.140 e. The summed E-state index contributed by atoms with van der Waals surface area (Å²) in [6.07, 6.45) is 0. The third-order valence-corrected chi connectivity index (χ3v) is 3.85. The lowest BCUT2D eigenvalue weighted by Crippen LogP contribution is -1.93. The molecular weight excluding hydrogens is 258 g/mol. The average molecular weight is 275 g/mol. The van der Waals surface area contributed by atoms with E-state index < -0.39 is 0 Å². The Morgan fingerprint density at radius 2 is 1.81 bits per heavy atom. The summed E-state index contributed by atoms with van der Waals surface area (Å²) >= 11 is 0. The first-order valence-corrected chi connectivity index (χ1v) is 7.07. The van der Waals surface area contributed by atoms with Gasteiger partial charge in [0.05, 0.1) is 22.7 Å². The molecule has 3 aromatic rings. The maximum Gasteiger partial charge on any atom is 0.140 e. The van der Waals surface area contributed by atoms with Crippen LogP contribution in [-0.4, -0.2) is 9.55 Å². The molecule has 0 spiro atoms. The number of hydrogen-bond acceptors (Lipinski definition) is 2. The van der Waals surface area contributed by atoms with E-state index >= 15 is 0 Å². The number of hydrogen-bond donors (Lipinski definition) is 0. The minimum atomic E-state index is 0.526. The summed E-state index contributed by atoms with van der Waals surface area (Å²) in [5.41, 5.74) is 4.96. The Hall–Kier alpha value is -2.60. The van der Waals surface area contributed by atoms with Crippen molar-refractivity contribution in [1.29, 1.82) is 5.26 Å². The Morgan fingerprint density at radius 1 is 1.10 bits per heavy atom. The maximum absolute atomic E-state index is 8.99. The summed E-state index contributed by atoms with van der Waals surface area (Å²) in [6, 6.07) is 16.3. The SMILES string of the molecule is CC(C)c1ccc(-c2nc3cc(C#N)ccc3n2C)cc1. The van der Waals surface area contributed by atoms with Crippen LogP contribution in [0.1, 0.15) is 30.9 Å². The second kappa shape index (κ2) is 5.06. The molecule has 104 valence electrons. The molecule has 0 atom stereocenters. The molecular formula is C18H17N3. The van der Waals surface area contributed by atoms with Crippen LogP contribution in [0.2, 0.25) is 0 Å². The van der Waals surface area contributed by atoms with Gasteiger partial charge < -0.3 is 4.57 Å². The molecule has 0 radical (unpaired) electrons. The Bertz CT molecular complexity index is 833. The summed E-state index contributed by atoms with van der Waals surface area (Å²) in [6.45, 7) is 4.38. The number of aromatic nitrogens is 2. The van der Waals surface area contributed by atoms with Crippen molar-refractivity contribution in [3.63, 3.8) is 0 Å². The van der Waals surface area contributed by atoms with Gasteiger partial charge in [-0.05, 0) is 29.7 Å². The van der Waals surface area contributed by atoms with Crippen LogP contribution in [0.3, 0.4) is 0 Å². The zero-order valence-corrected chi connectivity index (χ0v) is 12.5. The van der Waals surface area contributed by atoms with Gasteiger partial charge in [0.25, 0.3) is 0 Å². The number of nitrogens with zero attached hydrogens (tertiary/aromatic N) is 3. The largest absolute Gasteiger partial charge is 0.327 e. The summed E-state index contributed by atoms with van der Waals surface area (Å²) in [5.74, 6) is 1.45. The Balaban J connectivity index is 2.12. The van der Waals surface area contributed by atoms with Gasteiger partial charge in [-0.1, -0.05) is 38.1 Å². The minimum absolute atomic E-state index is 0.526. The highest BCUT2D eigenvalue weighted by Gasteiger charge is 2.10. The fraction of sp³-hybridized carbons (Fsp3) is 0.222. The fourth-order valence-electron chi connectivity index (χ4n) is 2.54. The molecule has 0 aliphatic heterocycles. The maximum atomic E-state index is 8.99. The molecule has 3 rings (SSSR count). The van der Waals surface area contributed by atoms with Gasteiger partial charge in [0.2, 0.25) is 0 Å². The Labute approximate surface area is 124 Å². The molecule has 0 fully saturated rings. The van der Waals surface area contributed by atoms with Crippen LogP contribution in [0, 0.1) is 11.3 Å². The summed E-state index contributed by atoms with van der Waals surface area (Å²) in [7, 11) is 2.01. The van der Waals surface area contributed by atoms with Crippen molar-refractivity contribution >= 4 is 11.0 Å². The van der Waals surface area contributed by atoms with Crippen molar-refractivity contribution in [1.82, 2.24) is 9.55 Å². The van der Waals surface area contributed by atoms with E-state index in [0.29, 0.717) is 11.5 Å². The van der Waals surface area contributed by atoms with Gasteiger partial charge in [-0.25, -0.2) is 4.98 Å². The zero-order chi connectivity index (χ0) is 15.0. The molecule has 0 N–H and O–H groups in total. The lowest BCUT2D eigenvalue weighted by molar-refractivity contribution is 0.866. The molecule has 1 aromatic heterocycles. The Kier molecular flexibility index (Phi) is 3.23. The second-order valence-electron chi connectivity index (χ2n) is 5.59. The zero-order valence-electron chi connectivity index (χ0n) is 12.5. The van der Waals surface area contributed by atoms with Gasteiger partial charge in [0.1, 0.15) is 5.82 Å². The van der Waals surface area contributed by atoms with Gasteiger partial charge in [0.15, 0.2) is 0 Å². The van der Waals surface area contributed by atoms with E-state index in [9.17, 15) is 0 Å². The third kappa shape index (κ3) is 2.30. The molecule has 3 heteroatoms. The molecule has 0 saturated carbocycles. The lowest BCUT2D eigenvalue weighted by Gasteiger charge is -2.07. The summed E-state index contributed by atoms with van der Waals surface area (Å²) in [4.78, 5) is 4.68. The van der Waals surface area contributed by atoms with Crippen molar-refractivity contribution in [2.75, 3.05) is 0 Å². The highest BCUT2D eigenvalue weighted by atomic mass is 15.1. The van der Waals surface area contributed by atoms with E-state index in [0.717, 1.165) is 22.4 Å². The van der Waals surface area contributed by atoms with Gasteiger partial charge in [-0.3, -0.25) is 0 Å². The summed E-state index contributed by atoms with van der Waals surface area (Å²) in [5, 5.41) is 8.99. The fourth-order valence-corrected chi connectivity index (χ4v) is 2.54. The minimum Gasteiger partial charge on any atom is -0.327 e. The van der Waals surface area contributed by atoms with Crippen molar-refractivity contribution in [2.45, 2.75) is 19.8 Å². The van der Waals surface area contributed by atoms with Crippen LogP contribution in [0.15, 0.2) is 42.5 Å². The van der Waals surface area contributed by atoms with Crippen molar-refractivity contribution in [2.24, 2.45) is 7.05 Å². The third-order valence-electron chi connectivity index (χ3n) is 3.85. The van der Waals surface area contributed by atoms with E-state index in [1.54, 1.807) is 0 Å². The highest BCUT2D eigenvalue weighted by Crippen LogP contribution is 2.25. The van der Waals surface area contributed by atoms with Crippen LogP contribution in [-0.2, 0) is 7.05 Å². The molecule has 21 heavy (non-hydrogen) atoms. The first-order chi connectivity index (χ1) is 10.1. The van der Waals surface area contributed by atoms with E-state index in [4.69, 9.17) is 5.26 Å². The quantitative estimate of drug-likeness (QED) is 0.702. The summed E-state index contributed by atoms with van der Waals surface area (Å²) < 4.78 is 2.07. The number of rotatable bonds is 2. The average Bonchev–Trinajstić information content (AvgIpc) is 2.83. The van der Waals surface area contributed by atoms with E-state index in [-0.39, 0.29) is 0 Å². The van der Waals surface area contributed by atoms with E-state index in [1.165, 1.54) is 5.56 Å². The molecule has 0 bridgehead atoms. The molecule has 0 aliphatic carbocycles. The topological polar surface area (TPSA) is 41.6 Å². The van der Waals surface area contributed by atoms with Gasteiger partial charge in [0, 0.05) is 12.6 Å². The van der Waals surface area contributed by atoms with E-state index in [1.807, 2.05) is 25.2 Å². The lowest BCUT2D eigenvalue weighted by atomic mass is 10.0. The van der Waals surface area contributed by atoms with Crippen LogP contribution in [0.25, 0.3) is 22.4 Å². The van der Waals surface area contributed by atoms with Gasteiger partial charge in [-0.2, -0.15) is 5.26 Å². The monoisotopic (exact) mass is 275 g/mol. The predicted molar refractivity (Wildman–Crippen MR) is 85.0 cm³/mol. The first-order valence-electron chi connectivity index (χ1n) is 7.07. The predicted octanol–water partition coefficient (Wildman–Crippen LogP) is 4.24. The highest BCUT2D eigenvalue weighted by molar-refractivity contribution is 5.81. The molecule has 0 saturated heterocycles. The number of aryl methyl sites for hydroxylation is 1. The normalized spacial score (nSPS) is 11.0. The second-order valence-corrected chi connectivity index (χ2v) is 5.59. The number of nitriles is 1. The van der Waals surface area contributed by atoms with Crippen molar-refractivity contribution in [3.8, 4) is 17.5 Å². The van der Waals surface area contributed by atoms with Crippen molar-refractivity contribution < 1.29 is 0 Å². The van der Waals surface area contributed by atoms with Gasteiger partial charge >= 0.3 is 0 Å². The van der Waals surface area contributed by atoms with Crippen LogP contribution in [0.5, 0.6) is 0 Å². The number of benzene rings is 2. The standard InChI is InChI=1S/C18H17N3/c1-12(2)14-5-7-15(8-6-14)18-20-16-10-13(11-19)4-9-17(16)21(18)3/h4-10,12H,1-3H3. The van der Waals surface area contributed by atoms with Crippen LogP contribution < -0.4 is 0 Å². The number of imidazole rings is 1. The van der Waals surface area contributed by atoms with Gasteiger partial charge in [-0.15, -0.1) is 0 Å². The molecule has 0 aliphatic rings. The molecule has 1 heterocycles.